The lowest BCUT2D eigenvalue weighted by molar-refractivity contribution is 0.102. The van der Waals surface area contributed by atoms with E-state index in [0.29, 0.717) is 28.3 Å². The molecule has 0 bridgehead atoms. The fourth-order valence-corrected chi connectivity index (χ4v) is 3.91. The molecular formula is C20H24BCl2N3O3. The van der Waals surface area contributed by atoms with Gasteiger partial charge in [-0.15, -0.1) is 12.4 Å². The summed E-state index contributed by atoms with van der Waals surface area (Å²) in [6.45, 7) is 4.40. The number of nitrogens with one attached hydrogen (secondary N) is 1. The highest BCUT2D eigenvalue weighted by atomic mass is 35.5. The van der Waals surface area contributed by atoms with Gasteiger partial charge in [-0.2, -0.15) is 0 Å². The molecule has 2 aliphatic heterocycles. The molecule has 0 aliphatic carbocycles. The summed E-state index contributed by atoms with van der Waals surface area (Å²) in [4.78, 5) is 17.3. The second kappa shape index (κ2) is 9.37. The van der Waals surface area contributed by atoms with Crippen LogP contribution >= 0.6 is 24.0 Å². The van der Waals surface area contributed by atoms with Crippen molar-refractivity contribution in [2.75, 3.05) is 50.1 Å². The molecule has 2 heterocycles. The molecule has 2 aromatic rings. The molecule has 2 N–H and O–H groups in total. The van der Waals surface area contributed by atoms with E-state index in [0.717, 1.165) is 43.9 Å². The van der Waals surface area contributed by atoms with Gasteiger partial charge in [0, 0.05) is 44.2 Å². The number of amides is 1. The third kappa shape index (κ3) is 4.87. The van der Waals surface area contributed by atoms with E-state index in [2.05, 4.69) is 22.2 Å². The van der Waals surface area contributed by atoms with Crippen LogP contribution in [0.15, 0.2) is 36.4 Å². The van der Waals surface area contributed by atoms with Gasteiger partial charge in [-0.3, -0.25) is 4.79 Å². The Morgan fingerprint density at radius 1 is 1.17 bits per heavy atom. The van der Waals surface area contributed by atoms with Gasteiger partial charge in [0.1, 0.15) is 0 Å². The van der Waals surface area contributed by atoms with Crippen LogP contribution in [-0.2, 0) is 11.1 Å². The standard InChI is InChI=1S/C20H23BClN3O3.ClH/c1-24-7-9-25(10-8-24)16-4-5-17(19(22)13-16)20(26)23-15-3-2-14-6-11-28-21(27)18(14)12-15;/h2-5,12-13,27H,6-11H2,1H3,(H,23,26);1H. The molecule has 154 valence electrons. The molecule has 29 heavy (non-hydrogen) atoms. The third-order valence-corrected chi connectivity index (χ3v) is 5.70. The van der Waals surface area contributed by atoms with Gasteiger partial charge in [0.25, 0.3) is 5.91 Å². The highest BCUT2D eigenvalue weighted by Gasteiger charge is 2.25. The second-order valence-electron chi connectivity index (χ2n) is 7.30. The van der Waals surface area contributed by atoms with E-state index in [-0.39, 0.29) is 18.3 Å². The van der Waals surface area contributed by atoms with E-state index in [1.807, 2.05) is 24.3 Å². The Morgan fingerprint density at radius 2 is 1.93 bits per heavy atom. The Balaban J connectivity index is 0.00000240. The number of nitrogens with zero attached hydrogens (tertiary/aromatic N) is 2. The van der Waals surface area contributed by atoms with E-state index < -0.39 is 7.12 Å². The van der Waals surface area contributed by atoms with Crippen molar-refractivity contribution in [3.05, 3.63) is 52.5 Å². The summed E-state index contributed by atoms with van der Waals surface area (Å²) in [5, 5.41) is 13.3. The van der Waals surface area contributed by atoms with E-state index in [9.17, 15) is 9.82 Å². The van der Waals surface area contributed by atoms with Crippen molar-refractivity contribution in [2.24, 2.45) is 0 Å². The summed E-state index contributed by atoms with van der Waals surface area (Å²) in [7, 11) is 1.16. The first-order chi connectivity index (χ1) is 13.5. The van der Waals surface area contributed by atoms with Crippen molar-refractivity contribution in [3.63, 3.8) is 0 Å². The predicted molar refractivity (Wildman–Crippen MR) is 120 cm³/mol. The maximum atomic E-state index is 12.7. The highest BCUT2D eigenvalue weighted by Crippen LogP contribution is 2.25. The van der Waals surface area contributed by atoms with Crippen LogP contribution in [0.25, 0.3) is 0 Å². The summed E-state index contributed by atoms with van der Waals surface area (Å²) >= 11 is 6.42. The normalized spacial score (nSPS) is 16.8. The molecule has 1 fully saturated rings. The van der Waals surface area contributed by atoms with Crippen LogP contribution in [0.2, 0.25) is 5.02 Å². The lowest BCUT2D eigenvalue weighted by Crippen LogP contribution is -2.44. The molecule has 2 aliphatic rings. The summed E-state index contributed by atoms with van der Waals surface area (Å²) in [6.07, 6.45) is 0.750. The van der Waals surface area contributed by atoms with Crippen molar-refractivity contribution in [1.82, 2.24) is 4.90 Å². The van der Waals surface area contributed by atoms with Gasteiger partial charge in [-0.25, -0.2) is 0 Å². The summed E-state index contributed by atoms with van der Waals surface area (Å²) < 4.78 is 5.26. The minimum absolute atomic E-state index is 0. The van der Waals surface area contributed by atoms with Gasteiger partial charge in [-0.05, 0) is 54.8 Å². The van der Waals surface area contributed by atoms with Gasteiger partial charge in [0.05, 0.1) is 10.6 Å². The van der Waals surface area contributed by atoms with Gasteiger partial charge in [0.15, 0.2) is 0 Å². The quantitative estimate of drug-likeness (QED) is 0.722. The molecular weight excluding hydrogens is 412 g/mol. The molecule has 0 atom stereocenters. The molecule has 9 heteroatoms. The molecule has 1 saturated heterocycles. The number of carbonyl (C=O) groups excluding carboxylic acids is 1. The van der Waals surface area contributed by atoms with Crippen LogP contribution in [0.4, 0.5) is 11.4 Å². The van der Waals surface area contributed by atoms with E-state index in [4.69, 9.17) is 16.3 Å². The zero-order valence-corrected chi connectivity index (χ0v) is 17.8. The fourth-order valence-electron chi connectivity index (χ4n) is 3.65. The number of anilines is 2. The average molecular weight is 436 g/mol. The van der Waals surface area contributed by atoms with E-state index in [1.54, 1.807) is 12.1 Å². The Labute approximate surface area is 182 Å². The molecule has 4 rings (SSSR count). The van der Waals surface area contributed by atoms with Crippen LogP contribution in [0.5, 0.6) is 0 Å². The molecule has 0 saturated carbocycles. The molecule has 0 aromatic heterocycles. The predicted octanol–water partition coefficient (Wildman–Crippen LogP) is 2.03. The number of benzene rings is 2. The van der Waals surface area contributed by atoms with Crippen LogP contribution in [0.3, 0.4) is 0 Å². The van der Waals surface area contributed by atoms with Crippen molar-refractivity contribution in [3.8, 4) is 0 Å². The Morgan fingerprint density at radius 3 is 2.66 bits per heavy atom. The molecule has 0 radical (unpaired) electrons. The minimum Gasteiger partial charge on any atom is -0.423 e. The van der Waals surface area contributed by atoms with Gasteiger partial charge in [0.2, 0.25) is 0 Å². The van der Waals surface area contributed by atoms with Crippen molar-refractivity contribution in [1.29, 1.82) is 0 Å². The second-order valence-corrected chi connectivity index (χ2v) is 7.70. The first-order valence-electron chi connectivity index (χ1n) is 9.48. The lowest BCUT2D eigenvalue weighted by atomic mass is 9.73. The molecule has 0 unspecified atom stereocenters. The van der Waals surface area contributed by atoms with E-state index >= 15 is 0 Å². The maximum absolute atomic E-state index is 12.7. The largest absolute Gasteiger partial charge is 0.491 e. The Bertz CT molecular complexity index is 891. The number of carbonyl (C=O) groups is 1. The number of likely N-dealkylation sites (N-methyl/N-ethyl adjacent to an activating group) is 1. The number of hydrogen-bond acceptors (Lipinski definition) is 5. The smallest absolute Gasteiger partial charge is 0.423 e. The maximum Gasteiger partial charge on any atom is 0.491 e. The monoisotopic (exact) mass is 435 g/mol. The molecule has 6 nitrogen and oxygen atoms in total. The zero-order valence-electron chi connectivity index (χ0n) is 16.2. The van der Waals surface area contributed by atoms with Crippen molar-refractivity contribution in [2.45, 2.75) is 6.42 Å². The van der Waals surface area contributed by atoms with Gasteiger partial charge >= 0.3 is 7.12 Å². The molecule has 0 spiro atoms. The number of hydrogen-bond donors (Lipinski definition) is 2. The Kier molecular flexibility index (Phi) is 7.08. The van der Waals surface area contributed by atoms with Crippen molar-refractivity contribution < 1.29 is 14.5 Å². The topological polar surface area (TPSA) is 65.0 Å². The van der Waals surface area contributed by atoms with Crippen LogP contribution < -0.4 is 15.7 Å². The summed E-state index contributed by atoms with van der Waals surface area (Å²) in [5.74, 6) is -0.277. The van der Waals surface area contributed by atoms with Gasteiger partial charge in [-0.1, -0.05) is 17.7 Å². The lowest BCUT2D eigenvalue weighted by Gasteiger charge is -2.34. The van der Waals surface area contributed by atoms with Crippen LogP contribution in [-0.4, -0.2) is 62.8 Å². The first kappa shape index (κ1) is 21.9. The fraction of sp³-hybridized carbons (Fsp3) is 0.350. The Hall–Kier alpha value is -1.77. The minimum atomic E-state index is -0.952. The summed E-state index contributed by atoms with van der Waals surface area (Å²) in [5.41, 5.74) is 3.79. The molecule has 1 amide bonds. The van der Waals surface area contributed by atoms with Crippen LogP contribution in [0, 0.1) is 0 Å². The summed E-state index contributed by atoms with van der Waals surface area (Å²) in [6, 6.07) is 11.1. The van der Waals surface area contributed by atoms with E-state index in [1.165, 1.54) is 0 Å². The number of rotatable bonds is 3. The first-order valence-corrected chi connectivity index (χ1v) is 9.86. The third-order valence-electron chi connectivity index (χ3n) is 5.38. The number of halogens is 2. The molecule has 2 aromatic carbocycles. The number of fused-ring (bicyclic) bond motifs is 1. The highest BCUT2D eigenvalue weighted by molar-refractivity contribution is 6.61. The number of piperazine rings is 1. The zero-order chi connectivity index (χ0) is 19.7. The van der Waals surface area contributed by atoms with Crippen LogP contribution in [0.1, 0.15) is 15.9 Å². The SMILES string of the molecule is CN1CCN(c2ccc(C(=O)Nc3ccc4c(c3)B(O)OCC4)c(Cl)c2)CC1.Cl. The van der Waals surface area contributed by atoms with Gasteiger partial charge < -0.3 is 24.8 Å². The average Bonchev–Trinajstić information content (AvgIpc) is 2.69. The van der Waals surface area contributed by atoms with Crippen molar-refractivity contribution >= 4 is 53.9 Å².